The fourth-order valence-corrected chi connectivity index (χ4v) is 12.2. The summed E-state index contributed by atoms with van der Waals surface area (Å²) in [4.78, 5) is 12.3. The van der Waals surface area contributed by atoms with Gasteiger partial charge in [-0.3, -0.25) is 0 Å². The lowest BCUT2D eigenvalue weighted by Gasteiger charge is -2.69. The minimum atomic E-state index is -3.62. The molecule has 5 saturated carbocycles. The van der Waals surface area contributed by atoms with Gasteiger partial charge in [-0.15, -0.1) is 0 Å². The molecule has 5 rings (SSSR count). The average molecular weight is 567 g/mol. The highest BCUT2D eigenvalue weighted by Gasteiger charge is 2.69. The number of carbonyl (C=O) groups is 1. The summed E-state index contributed by atoms with van der Waals surface area (Å²) in [7, 11) is -3.62. The molecule has 5 aliphatic carbocycles. The van der Waals surface area contributed by atoms with Gasteiger partial charge in [-0.1, -0.05) is 41.0 Å². The molecule has 0 heterocycles. The molecule has 0 spiro atoms. The van der Waals surface area contributed by atoms with Crippen LogP contribution in [0.25, 0.3) is 0 Å². The van der Waals surface area contributed by atoms with Crippen molar-refractivity contribution in [2.24, 2.45) is 51.8 Å². The summed E-state index contributed by atoms with van der Waals surface area (Å²) in [6, 6.07) is -0.616. The van der Waals surface area contributed by atoms with Gasteiger partial charge in [0.2, 0.25) is 10.0 Å². The maximum Gasteiger partial charge on any atom is 0.328 e. The standard InChI is InChI=1S/C31H54N2O5S/c1-7-21-23-18-20(34)10-13-30(23,5)25-11-14-29(4)22(8-9-24(29)31(25,6)26(21)35)19(2)12-17-32-27(36)33-39(37,38)28(3)15-16-28/h19-26,34-35H,7-18H2,1-6H3,(H2,32,33,36)/t19-,20-,21-,22-,23+,24-,25-,26-,29-,30+,31+/m1/s1. The first-order chi connectivity index (χ1) is 18.1. The molecule has 0 aromatic rings. The summed E-state index contributed by atoms with van der Waals surface area (Å²) in [5, 5.41) is 25.5. The highest BCUT2D eigenvalue weighted by molar-refractivity contribution is 7.91. The predicted molar refractivity (Wildman–Crippen MR) is 153 cm³/mol. The van der Waals surface area contributed by atoms with Gasteiger partial charge in [0.05, 0.1) is 17.0 Å². The minimum absolute atomic E-state index is 0.124. The molecule has 8 heteroatoms. The summed E-state index contributed by atoms with van der Waals surface area (Å²) in [6.07, 6.45) is 9.79. The molecule has 224 valence electrons. The number of amides is 2. The van der Waals surface area contributed by atoms with Crippen molar-refractivity contribution in [3.8, 4) is 0 Å². The third-order valence-electron chi connectivity index (χ3n) is 13.5. The Labute approximate surface area is 236 Å². The Morgan fingerprint density at radius 1 is 0.949 bits per heavy atom. The van der Waals surface area contributed by atoms with Gasteiger partial charge in [-0.2, -0.15) is 0 Å². The number of rotatable bonds is 7. The molecule has 7 nitrogen and oxygen atoms in total. The molecule has 5 fully saturated rings. The van der Waals surface area contributed by atoms with E-state index >= 15 is 0 Å². The molecule has 0 aliphatic heterocycles. The third-order valence-corrected chi connectivity index (χ3v) is 15.7. The van der Waals surface area contributed by atoms with Crippen LogP contribution in [0.4, 0.5) is 4.79 Å². The Hall–Kier alpha value is -0.860. The number of hydrogen-bond acceptors (Lipinski definition) is 5. The molecular weight excluding hydrogens is 512 g/mol. The van der Waals surface area contributed by atoms with Gasteiger partial charge in [0, 0.05) is 12.0 Å². The lowest BCUT2D eigenvalue weighted by Crippen LogP contribution is -2.67. The molecule has 0 saturated heterocycles. The van der Waals surface area contributed by atoms with Crippen LogP contribution in [0.5, 0.6) is 0 Å². The van der Waals surface area contributed by atoms with Gasteiger partial charge < -0.3 is 15.5 Å². The Morgan fingerprint density at radius 2 is 1.59 bits per heavy atom. The normalized spacial score (nSPS) is 47.3. The second-order valence-corrected chi connectivity index (χ2v) is 17.5. The molecule has 0 bridgehead atoms. The van der Waals surface area contributed by atoms with Crippen molar-refractivity contribution >= 4 is 16.1 Å². The van der Waals surface area contributed by atoms with Crippen LogP contribution in [-0.2, 0) is 10.0 Å². The van der Waals surface area contributed by atoms with Gasteiger partial charge in [-0.05, 0) is 117 Å². The summed E-state index contributed by atoms with van der Waals surface area (Å²) in [5.74, 6) is 2.49. The van der Waals surface area contributed by atoms with Gasteiger partial charge in [0.25, 0.3) is 0 Å². The van der Waals surface area contributed by atoms with Crippen molar-refractivity contribution in [2.75, 3.05) is 6.54 Å². The highest BCUT2D eigenvalue weighted by atomic mass is 32.2. The fraction of sp³-hybridized carbons (Fsp3) is 0.968. The molecular formula is C31H54N2O5S. The zero-order chi connectivity index (χ0) is 28.6. The summed E-state index contributed by atoms with van der Waals surface area (Å²) < 4.78 is 26.2. The van der Waals surface area contributed by atoms with E-state index < -0.39 is 20.8 Å². The SMILES string of the molecule is CC[C@H]1[C@@H](O)[C@@]2(C)[C@@H]3CC[C@H]([C@H](C)CCNC(=O)NS(=O)(=O)C4(C)CC4)[C@@]3(C)CC[C@@H]2[C@@]2(C)CC[C@@H](O)C[C@@H]12. The van der Waals surface area contributed by atoms with E-state index in [0.717, 1.165) is 51.4 Å². The van der Waals surface area contributed by atoms with Crippen LogP contribution in [0.2, 0.25) is 0 Å². The van der Waals surface area contributed by atoms with Crippen LogP contribution in [0, 0.1) is 51.8 Å². The number of carbonyl (C=O) groups excluding carboxylic acids is 1. The Balaban J connectivity index is 1.28. The van der Waals surface area contributed by atoms with Crippen molar-refractivity contribution in [3.63, 3.8) is 0 Å². The van der Waals surface area contributed by atoms with Gasteiger partial charge in [0.1, 0.15) is 0 Å². The zero-order valence-electron chi connectivity index (χ0n) is 25.1. The van der Waals surface area contributed by atoms with Crippen molar-refractivity contribution in [1.82, 2.24) is 10.0 Å². The van der Waals surface area contributed by atoms with Crippen molar-refractivity contribution < 1.29 is 23.4 Å². The minimum Gasteiger partial charge on any atom is -0.393 e. The van der Waals surface area contributed by atoms with E-state index in [1.807, 2.05) is 0 Å². The van der Waals surface area contributed by atoms with E-state index in [9.17, 15) is 23.4 Å². The highest BCUT2D eigenvalue weighted by Crippen LogP contribution is 2.74. The third kappa shape index (κ3) is 4.48. The smallest absolute Gasteiger partial charge is 0.328 e. The molecule has 5 aliphatic rings. The lowest BCUT2D eigenvalue weighted by atomic mass is 9.36. The summed E-state index contributed by atoms with van der Waals surface area (Å²) in [6.45, 7) is 14.0. The zero-order valence-corrected chi connectivity index (χ0v) is 25.9. The first kappa shape index (κ1) is 29.6. The van der Waals surface area contributed by atoms with E-state index in [-0.39, 0.29) is 34.4 Å². The van der Waals surface area contributed by atoms with E-state index in [1.165, 1.54) is 6.42 Å². The van der Waals surface area contributed by atoms with Crippen LogP contribution < -0.4 is 10.0 Å². The maximum absolute atomic E-state index is 12.4. The topological polar surface area (TPSA) is 116 Å². The molecule has 0 aromatic carbocycles. The van der Waals surface area contributed by atoms with Crippen LogP contribution in [0.15, 0.2) is 0 Å². The fourth-order valence-electron chi connectivity index (χ4n) is 11.0. The quantitative estimate of drug-likeness (QED) is 0.338. The molecule has 2 amide bonds. The first-order valence-electron chi connectivity index (χ1n) is 15.8. The summed E-state index contributed by atoms with van der Waals surface area (Å²) >= 11 is 0. The number of aliphatic hydroxyl groups is 2. The van der Waals surface area contributed by atoms with Crippen LogP contribution in [0.1, 0.15) is 112 Å². The van der Waals surface area contributed by atoms with E-state index in [1.54, 1.807) is 6.92 Å². The first-order valence-corrected chi connectivity index (χ1v) is 17.3. The number of urea groups is 1. The number of sulfonamides is 1. The average Bonchev–Trinajstić information content (AvgIpc) is 3.52. The second kappa shape index (κ2) is 9.86. The summed E-state index contributed by atoms with van der Waals surface area (Å²) in [5.41, 5.74) is 0.197. The van der Waals surface area contributed by atoms with Gasteiger partial charge in [0.15, 0.2) is 0 Å². The number of fused-ring (bicyclic) bond motifs is 5. The van der Waals surface area contributed by atoms with Crippen LogP contribution >= 0.6 is 0 Å². The molecule has 11 atom stereocenters. The van der Waals surface area contributed by atoms with Crippen LogP contribution in [0.3, 0.4) is 0 Å². The number of hydrogen-bond donors (Lipinski definition) is 4. The Kier molecular flexibility index (Phi) is 7.49. The number of nitrogens with one attached hydrogen (secondary N) is 2. The van der Waals surface area contributed by atoms with E-state index in [0.29, 0.717) is 49.0 Å². The van der Waals surface area contributed by atoms with Crippen molar-refractivity contribution in [1.29, 1.82) is 0 Å². The Bertz CT molecular complexity index is 1060. The van der Waals surface area contributed by atoms with Crippen molar-refractivity contribution in [2.45, 2.75) is 129 Å². The predicted octanol–water partition coefficient (Wildman–Crippen LogP) is 5.21. The Morgan fingerprint density at radius 3 is 2.23 bits per heavy atom. The monoisotopic (exact) mass is 566 g/mol. The largest absolute Gasteiger partial charge is 0.393 e. The molecule has 4 N–H and O–H groups in total. The van der Waals surface area contributed by atoms with Gasteiger partial charge in [-0.25, -0.2) is 17.9 Å². The van der Waals surface area contributed by atoms with Gasteiger partial charge >= 0.3 is 6.03 Å². The maximum atomic E-state index is 12.4. The molecule has 39 heavy (non-hydrogen) atoms. The van der Waals surface area contributed by atoms with Crippen molar-refractivity contribution in [3.05, 3.63) is 0 Å². The molecule has 0 radical (unpaired) electrons. The lowest BCUT2D eigenvalue weighted by molar-refractivity contribution is -0.250. The molecule has 0 unspecified atom stereocenters. The van der Waals surface area contributed by atoms with E-state index in [2.05, 4.69) is 44.7 Å². The number of aliphatic hydroxyl groups excluding tert-OH is 2. The second-order valence-electron chi connectivity index (χ2n) is 15.3. The molecule has 0 aromatic heterocycles. The van der Waals surface area contributed by atoms with Crippen LogP contribution in [-0.4, -0.2) is 48.2 Å². The van der Waals surface area contributed by atoms with E-state index in [4.69, 9.17) is 0 Å².